The number of hydrogen-bond acceptors (Lipinski definition) is 6. The summed E-state index contributed by atoms with van der Waals surface area (Å²) in [5.74, 6) is -4.39. The van der Waals surface area contributed by atoms with Crippen molar-refractivity contribution in [2.45, 2.75) is 136 Å². The Bertz CT molecular complexity index is 526. The largest absolute Gasteiger partial charge is 1.00 e. The van der Waals surface area contributed by atoms with Crippen LogP contribution in [0.5, 0.6) is 0 Å². The van der Waals surface area contributed by atoms with E-state index >= 15 is 0 Å². The van der Waals surface area contributed by atoms with E-state index in [0.29, 0.717) is 13.0 Å². The second-order valence-electron chi connectivity index (χ2n) is 9.48. The van der Waals surface area contributed by atoms with Crippen LogP contribution < -0.4 is 24.0 Å². The van der Waals surface area contributed by atoms with Crippen LogP contribution in [0.4, 0.5) is 0 Å². The summed E-state index contributed by atoms with van der Waals surface area (Å²) in [5.41, 5.74) is 0. The van der Waals surface area contributed by atoms with Crippen LogP contribution in [-0.2, 0) is 23.9 Å². The molecule has 0 amide bonds. The number of carbonyl (C=O) groups is 3. The first-order valence-corrected chi connectivity index (χ1v) is 14.0. The summed E-state index contributed by atoms with van der Waals surface area (Å²) in [7, 11) is 0. The molecule has 0 saturated carbocycles. The molecular weight excluding hydrogens is 439 g/mol. The van der Waals surface area contributed by atoms with Gasteiger partial charge in [0.25, 0.3) is 0 Å². The van der Waals surface area contributed by atoms with Crippen molar-refractivity contribution >= 4 is 17.9 Å². The maximum absolute atomic E-state index is 12.6. The van der Waals surface area contributed by atoms with Gasteiger partial charge in [-0.15, -0.1) is 0 Å². The van der Waals surface area contributed by atoms with Crippen molar-refractivity contribution in [3.05, 3.63) is 0 Å². The molecule has 0 spiro atoms. The van der Waals surface area contributed by atoms with E-state index in [9.17, 15) is 19.5 Å². The number of esters is 2. The fraction of sp³-hybridized carbons (Fsp3) is 0.893. The Hall–Kier alpha value is -0.993. The number of ether oxygens (including phenoxy) is 2. The Morgan fingerprint density at radius 1 is 0.571 bits per heavy atom. The van der Waals surface area contributed by atoms with Gasteiger partial charge in [-0.1, -0.05) is 111 Å². The molecule has 200 valence electrons. The van der Waals surface area contributed by atoms with E-state index in [1.165, 1.54) is 64.2 Å². The topological polar surface area (TPSA) is 92.7 Å². The van der Waals surface area contributed by atoms with Gasteiger partial charge in [0.05, 0.1) is 25.0 Å². The molecule has 0 aromatic heterocycles. The minimum Gasteiger partial charge on any atom is -0.550 e. The summed E-state index contributed by atoms with van der Waals surface area (Å²) in [6.07, 6.45) is 18.0. The molecule has 35 heavy (non-hydrogen) atoms. The normalized spacial score (nSPS) is 12.4. The number of unbranched alkanes of at least 4 members (excludes halogenated alkanes) is 14. The number of carbonyl (C=O) groups excluding carboxylic acids is 3. The number of carboxylic acid groups (broad SMARTS) is 1. The van der Waals surface area contributed by atoms with Crippen LogP contribution in [-0.4, -0.2) is 31.1 Å². The van der Waals surface area contributed by atoms with E-state index in [4.69, 9.17) is 9.47 Å². The van der Waals surface area contributed by atoms with Crippen LogP contribution in [0.1, 0.15) is 136 Å². The number of aliphatic carboxylic acids is 1. The molecule has 0 saturated heterocycles. The van der Waals surface area contributed by atoms with Crippen LogP contribution in [0.3, 0.4) is 0 Å². The van der Waals surface area contributed by atoms with E-state index in [2.05, 4.69) is 13.8 Å². The Morgan fingerprint density at radius 2 is 0.914 bits per heavy atom. The van der Waals surface area contributed by atoms with Crippen molar-refractivity contribution in [3.63, 3.8) is 0 Å². The zero-order valence-corrected chi connectivity index (χ0v) is 23.2. The third-order valence-electron chi connectivity index (χ3n) is 6.40. The van der Waals surface area contributed by atoms with Gasteiger partial charge in [0.15, 0.2) is 0 Å². The van der Waals surface area contributed by atoms with Crippen LogP contribution in [0.25, 0.3) is 0 Å². The standard InChI is InChI=1S/C28H52O6.Li/c1-4-7-9-11-13-15-17-19-21-33-27(31)24(6-3)25(23-26(29)30)28(32)34-22-20-18-16-14-12-10-8-5-2;/h24-25H,4-23H2,1-3H3,(H,29,30);/q;+1/p-1. The quantitative estimate of drug-likeness (QED) is 0.117. The summed E-state index contributed by atoms with van der Waals surface area (Å²) in [6, 6.07) is 0. The van der Waals surface area contributed by atoms with Gasteiger partial charge in [-0.05, 0) is 19.3 Å². The van der Waals surface area contributed by atoms with E-state index in [0.717, 1.165) is 38.5 Å². The second-order valence-corrected chi connectivity index (χ2v) is 9.48. The van der Waals surface area contributed by atoms with Crippen molar-refractivity contribution in [1.82, 2.24) is 0 Å². The fourth-order valence-corrected chi connectivity index (χ4v) is 4.22. The Kier molecular flexibility index (Phi) is 26.9. The zero-order valence-electron chi connectivity index (χ0n) is 23.2. The van der Waals surface area contributed by atoms with E-state index in [1.807, 2.05) is 0 Å². The third kappa shape index (κ3) is 20.9. The molecule has 6 nitrogen and oxygen atoms in total. The predicted octanol–water partition coefficient (Wildman–Crippen LogP) is 3.14. The molecule has 2 unspecified atom stereocenters. The van der Waals surface area contributed by atoms with E-state index in [-0.39, 0.29) is 25.5 Å². The molecule has 0 aliphatic rings. The van der Waals surface area contributed by atoms with Gasteiger partial charge in [-0.25, -0.2) is 0 Å². The van der Waals surface area contributed by atoms with Crippen LogP contribution in [0, 0.1) is 11.8 Å². The fourth-order valence-electron chi connectivity index (χ4n) is 4.22. The molecule has 2 atom stereocenters. The molecule has 0 radical (unpaired) electrons. The minimum absolute atomic E-state index is 0. The van der Waals surface area contributed by atoms with Crippen LogP contribution in [0.2, 0.25) is 0 Å². The van der Waals surface area contributed by atoms with E-state index in [1.54, 1.807) is 6.92 Å². The smallest absolute Gasteiger partial charge is 0.550 e. The summed E-state index contributed by atoms with van der Waals surface area (Å²) in [4.78, 5) is 36.4. The maximum atomic E-state index is 12.6. The molecule has 0 aliphatic heterocycles. The van der Waals surface area contributed by atoms with Crippen molar-refractivity contribution in [2.75, 3.05) is 13.2 Å². The zero-order chi connectivity index (χ0) is 25.4. The summed E-state index contributed by atoms with van der Waals surface area (Å²) >= 11 is 0. The van der Waals surface area contributed by atoms with Crippen LogP contribution in [0.15, 0.2) is 0 Å². The molecule has 0 N–H and O–H groups in total. The molecule has 0 fully saturated rings. The van der Waals surface area contributed by atoms with Gasteiger partial charge in [0, 0.05) is 12.4 Å². The molecule has 0 heterocycles. The van der Waals surface area contributed by atoms with Crippen molar-refractivity contribution in [2.24, 2.45) is 11.8 Å². The molecule has 0 aromatic rings. The van der Waals surface area contributed by atoms with Gasteiger partial charge in [0.1, 0.15) is 0 Å². The van der Waals surface area contributed by atoms with Crippen LogP contribution >= 0.6 is 0 Å². The number of rotatable bonds is 24. The third-order valence-corrected chi connectivity index (χ3v) is 6.40. The van der Waals surface area contributed by atoms with Gasteiger partial charge >= 0.3 is 30.8 Å². The first-order chi connectivity index (χ1) is 16.5. The van der Waals surface area contributed by atoms with E-state index < -0.39 is 36.2 Å². The Morgan fingerprint density at radius 3 is 1.26 bits per heavy atom. The van der Waals surface area contributed by atoms with Gasteiger partial charge < -0.3 is 19.4 Å². The van der Waals surface area contributed by atoms with Crippen molar-refractivity contribution in [1.29, 1.82) is 0 Å². The van der Waals surface area contributed by atoms with Crippen molar-refractivity contribution < 1.29 is 47.8 Å². The Labute approximate surface area is 226 Å². The monoisotopic (exact) mass is 490 g/mol. The SMILES string of the molecule is CCCCCCCCCCOC(=O)C(CC)C(CC(=O)[O-])C(=O)OCCCCCCCCCC.[Li+]. The predicted molar refractivity (Wildman–Crippen MR) is 134 cm³/mol. The molecule has 0 aromatic carbocycles. The summed E-state index contributed by atoms with van der Waals surface area (Å²) in [6.45, 7) is 6.71. The van der Waals surface area contributed by atoms with Gasteiger partial charge in [0.2, 0.25) is 0 Å². The Balaban J connectivity index is 0. The van der Waals surface area contributed by atoms with Gasteiger partial charge in [-0.2, -0.15) is 0 Å². The average molecular weight is 491 g/mol. The van der Waals surface area contributed by atoms with Gasteiger partial charge in [-0.3, -0.25) is 9.59 Å². The molecule has 0 rings (SSSR count). The molecular formula is C28H51LiO6. The molecule has 0 bridgehead atoms. The minimum atomic E-state index is -1.36. The molecule has 7 heteroatoms. The van der Waals surface area contributed by atoms with Crippen molar-refractivity contribution in [3.8, 4) is 0 Å². The number of carboxylic acids is 1. The first kappa shape index (κ1) is 36.2. The summed E-state index contributed by atoms with van der Waals surface area (Å²) < 4.78 is 10.7. The number of hydrogen-bond donors (Lipinski definition) is 0. The summed E-state index contributed by atoms with van der Waals surface area (Å²) in [5, 5.41) is 11.2. The average Bonchev–Trinajstić information content (AvgIpc) is 2.81. The molecule has 0 aliphatic carbocycles. The maximum Gasteiger partial charge on any atom is 1.00 e. The second kappa shape index (κ2) is 26.1. The first-order valence-electron chi connectivity index (χ1n) is 14.0.